The van der Waals surface area contributed by atoms with E-state index in [2.05, 4.69) is 15.3 Å². The van der Waals surface area contributed by atoms with E-state index in [9.17, 15) is 0 Å². The third-order valence-electron chi connectivity index (χ3n) is 4.42. The highest BCUT2D eigenvalue weighted by Crippen LogP contribution is 2.17. The van der Waals surface area contributed by atoms with Gasteiger partial charge in [0, 0.05) is 18.3 Å². The lowest BCUT2D eigenvalue weighted by Gasteiger charge is -2.23. The van der Waals surface area contributed by atoms with Crippen LogP contribution in [0.1, 0.15) is 43.2 Å². The van der Waals surface area contributed by atoms with E-state index < -0.39 is 0 Å². The van der Waals surface area contributed by atoms with Crippen LogP contribution in [0.15, 0.2) is 53.7 Å². The minimum Gasteiger partial charge on any atom is -0.473 e. The average Bonchev–Trinajstić information content (AvgIpc) is 2.67. The molecule has 3 rings (SSSR count). The zero-order valence-electron chi connectivity index (χ0n) is 14.5. The maximum Gasteiger partial charge on any atom is 0.213 e. The molecule has 25 heavy (non-hydrogen) atoms. The molecule has 1 aromatic carbocycles. The first-order valence-electron chi connectivity index (χ1n) is 8.98. The van der Waals surface area contributed by atoms with E-state index in [0.29, 0.717) is 31.0 Å². The van der Waals surface area contributed by atoms with Gasteiger partial charge in [0.05, 0.1) is 6.54 Å². The SMILES string of the molecule is NC(=NCc1ccnc(OCc2ccccc2)c1)NC1CCCCC1. The highest BCUT2D eigenvalue weighted by Gasteiger charge is 2.13. The fourth-order valence-electron chi connectivity index (χ4n) is 3.04. The van der Waals surface area contributed by atoms with E-state index in [-0.39, 0.29) is 0 Å². The quantitative estimate of drug-likeness (QED) is 0.625. The molecule has 0 saturated heterocycles. The normalized spacial score (nSPS) is 15.8. The van der Waals surface area contributed by atoms with Gasteiger partial charge in [-0.15, -0.1) is 0 Å². The second-order valence-corrected chi connectivity index (χ2v) is 6.46. The summed E-state index contributed by atoms with van der Waals surface area (Å²) in [6.45, 7) is 1.03. The maximum atomic E-state index is 6.02. The van der Waals surface area contributed by atoms with Crippen molar-refractivity contribution in [1.29, 1.82) is 0 Å². The van der Waals surface area contributed by atoms with Gasteiger partial charge in [-0.25, -0.2) is 9.98 Å². The van der Waals surface area contributed by atoms with E-state index in [0.717, 1.165) is 11.1 Å². The summed E-state index contributed by atoms with van der Waals surface area (Å²) < 4.78 is 5.75. The number of aromatic nitrogens is 1. The smallest absolute Gasteiger partial charge is 0.213 e. The van der Waals surface area contributed by atoms with Crippen molar-refractivity contribution in [2.75, 3.05) is 0 Å². The lowest BCUT2D eigenvalue weighted by atomic mass is 9.96. The molecule has 0 bridgehead atoms. The predicted octanol–water partition coefficient (Wildman–Crippen LogP) is 3.40. The van der Waals surface area contributed by atoms with Crippen LogP contribution in [-0.2, 0) is 13.2 Å². The molecule has 0 unspecified atom stereocenters. The second-order valence-electron chi connectivity index (χ2n) is 6.46. The zero-order valence-corrected chi connectivity index (χ0v) is 14.5. The molecular weight excluding hydrogens is 312 g/mol. The second kappa shape index (κ2) is 9.06. The molecule has 1 aliphatic rings. The number of hydrogen-bond donors (Lipinski definition) is 2. The highest BCUT2D eigenvalue weighted by atomic mass is 16.5. The van der Waals surface area contributed by atoms with Crippen molar-refractivity contribution in [3.63, 3.8) is 0 Å². The number of nitrogens with one attached hydrogen (secondary N) is 1. The van der Waals surface area contributed by atoms with E-state index in [1.165, 1.54) is 32.1 Å². The van der Waals surface area contributed by atoms with Crippen molar-refractivity contribution in [3.8, 4) is 5.88 Å². The summed E-state index contributed by atoms with van der Waals surface area (Å²) in [5.41, 5.74) is 8.17. The molecule has 5 heteroatoms. The van der Waals surface area contributed by atoms with Crippen LogP contribution in [0.25, 0.3) is 0 Å². The minimum absolute atomic E-state index is 0.472. The standard InChI is InChI=1S/C20H26N4O/c21-20(24-18-9-5-2-6-10-18)23-14-17-11-12-22-19(13-17)25-15-16-7-3-1-4-8-16/h1,3-4,7-8,11-13,18H,2,5-6,9-10,14-15H2,(H3,21,23,24). The van der Waals surface area contributed by atoms with Crippen LogP contribution < -0.4 is 15.8 Å². The Morgan fingerprint density at radius 1 is 1.12 bits per heavy atom. The number of pyridine rings is 1. The summed E-state index contributed by atoms with van der Waals surface area (Å²) >= 11 is 0. The van der Waals surface area contributed by atoms with Gasteiger partial charge in [-0.2, -0.15) is 0 Å². The van der Waals surface area contributed by atoms with Crippen LogP contribution in [-0.4, -0.2) is 17.0 Å². The fraction of sp³-hybridized carbons (Fsp3) is 0.400. The van der Waals surface area contributed by atoms with Crippen LogP contribution in [0.3, 0.4) is 0 Å². The summed E-state index contributed by atoms with van der Waals surface area (Å²) in [5.74, 6) is 1.13. The Morgan fingerprint density at radius 3 is 2.72 bits per heavy atom. The first-order valence-corrected chi connectivity index (χ1v) is 8.98. The monoisotopic (exact) mass is 338 g/mol. The molecule has 0 spiro atoms. The van der Waals surface area contributed by atoms with Crippen LogP contribution in [0.4, 0.5) is 0 Å². The molecule has 1 saturated carbocycles. The lowest BCUT2D eigenvalue weighted by molar-refractivity contribution is 0.293. The number of nitrogens with zero attached hydrogens (tertiary/aromatic N) is 2. The highest BCUT2D eigenvalue weighted by molar-refractivity contribution is 5.78. The molecule has 5 nitrogen and oxygen atoms in total. The van der Waals surface area contributed by atoms with Gasteiger partial charge in [0.15, 0.2) is 5.96 Å². The van der Waals surface area contributed by atoms with Crippen LogP contribution in [0.2, 0.25) is 0 Å². The Kier molecular flexibility index (Phi) is 6.26. The summed E-state index contributed by atoms with van der Waals surface area (Å²) in [7, 11) is 0. The summed E-state index contributed by atoms with van der Waals surface area (Å²) in [6.07, 6.45) is 7.99. The van der Waals surface area contributed by atoms with Gasteiger partial charge in [0.25, 0.3) is 0 Å². The van der Waals surface area contributed by atoms with Crippen molar-refractivity contribution in [1.82, 2.24) is 10.3 Å². The Hall–Kier alpha value is -2.56. The van der Waals surface area contributed by atoms with Crippen LogP contribution >= 0.6 is 0 Å². The number of rotatable bonds is 6. The van der Waals surface area contributed by atoms with Gasteiger partial charge in [0.1, 0.15) is 6.61 Å². The number of hydrogen-bond acceptors (Lipinski definition) is 3. The first kappa shape index (κ1) is 17.3. The van der Waals surface area contributed by atoms with Crippen molar-refractivity contribution in [2.24, 2.45) is 10.7 Å². The molecule has 0 radical (unpaired) electrons. The molecule has 2 aromatic rings. The maximum absolute atomic E-state index is 6.02. The van der Waals surface area contributed by atoms with Crippen molar-refractivity contribution < 1.29 is 4.74 Å². The van der Waals surface area contributed by atoms with E-state index in [1.807, 2.05) is 42.5 Å². The molecule has 0 atom stereocenters. The fourth-order valence-corrected chi connectivity index (χ4v) is 3.04. The van der Waals surface area contributed by atoms with Crippen molar-refractivity contribution in [3.05, 3.63) is 59.8 Å². The van der Waals surface area contributed by atoms with E-state index >= 15 is 0 Å². The summed E-state index contributed by atoms with van der Waals surface area (Å²) in [5, 5.41) is 3.33. The van der Waals surface area contributed by atoms with Gasteiger partial charge < -0.3 is 15.8 Å². The number of guanidine groups is 1. The van der Waals surface area contributed by atoms with Crippen LogP contribution in [0.5, 0.6) is 5.88 Å². The molecule has 0 aliphatic heterocycles. The van der Waals surface area contributed by atoms with Crippen LogP contribution in [0, 0.1) is 0 Å². The molecule has 1 aliphatic carbocycles. The number of ether oxygens (including phenoxy) is 1. The summed E-state index contributed by atoms with van der Waals surface area (Å²) in [6, 6.07) is 14.4. The predicted molar refractivity (Wildman–Crippen MR) is 100 cm³/mol. The molecule has 0 amide bonds. The Morgan fingerprint density at radius 2 is 1.92 bits per heavy atom. The Bertz CT molecular complexity index is 681. The molecular formula is C20H26N4O. The molecule has 3 N–H and O–H groups in total. The minimum atomic E-state index is 0.472. The Labute approximate surface area is 149 Å². The summed E-state index contributed by atoms with van der Waals surface area (Å²) in [4.78, 5) is 8.71. The molecule has 1 fully saturated rings. The molecule has 132 valence electrons. The van der Waals surface area contributed by atoms with Crippen molar-refractivity contribution in [2.45, 2.75) is 51.3 Å². The lowest BCUT2D eigenvalue weighted by Crippen LogP contribution is -2.41. The third-order valence-corrected chi connectivity index (χ3v) is 4.42. The topological polar surface area (TPSA) is 72.5 Å². The first-order chi connectivity index (χ1) is 12.3. The third kappa shape index (κ3) is 5.78. The zero-order chi connectivity index (χ0) is 17.3. The van der Waals surface area contributed by atoms with Gasteiger partial charge in [0.2, 0.25) is 5.88 Å². The van der Waals surface area contributed by atoms with Gasteiger partial charge >= 0.3 is 0 Å². The Balaban J connectivity index is 1.51. The largest absolute Gasteiger partial charge is 0.473 e. The van der Waals surface area contributed by atoms with E-state index in [4.69, 9.17) is 10.5 Å². The molecule has 1 aromatic heterocycles. The number of nitrogens with two attached hydrogens (primary N) is 1. The van der Waals surface area contributed by atoms with Gasteiger partial charge in [-0.05, 0) is 30.0 Å². The number of benzene rings is 1. The average molecular weight is 338 g/mol. The van der Waals surface area contributed by atoms with Gasteiger partial charge in [-0.3, -0.25) is 0 Å². The number of aliphatic imine (C=N–C) groups is 1. The van der Waals surface area contributed by atoms with Crippen molar-refractivity contribution >= 4 is 5.96 Å². The molecule has 1 heterocycles. The van der Waals surface area contributed by atoms with E-state index in [1.54, 1.807) is 6.20 Å². The van der Waals surface area contributed by atoms with Gasteiger partial charge in [-0.1, -0.05) is 49.6 Å².